The molecule has 1 aromatic rings. The van der Waals surface area contributed by atoms with Crippen molar-refractivity contribution in [1.82, 2.24) is 4.90 Å². The summed E-state index contributed by atoms with van der Waals surface area (Å²) in [5.74, 6) is 2.61. The van der Waals surface area contributed by atoms with Crippen molar-refractivity contribution in [3.63, 3.8) is 0 Å². The molecule has 174 valence electrons. The highest BCUT2D eigenvalue weighted by molar-refractivity contribution is 5.91. The maximum absolute atomic E-state index is 12.9. The van der Waals surface area contributed by atoms with Crippen LogP contribution in [-0.4, -0.2) is 29.8 Å². The van der Waals surface area contributed by atoms with Gasteiger partial charge in [-0.15, -0.1) is 0 Å². The molecule has 3 fully saturated rings. The summed E-state index contributed by atoms with van der Waals surface area (Å²) in [4.78, 5) is 27.2. The zero-order valence-electron chi connectivity index (χ0n) is 20.0. The van der Waals surface area contributed by atoms with Gasteiger partial charge in [-0.05, 0) is 98.0 Å². The normalized spacial score (nSPS) is 39.3. The summed E-state index contributed by atoms with van der Waals surface area (Å²) in [6, 6.07) is 9.52. The minimum Gasteiger partial charge on any atom is -0.338 e. The lowest BCUT2D eigenvalue weighted by molar-refractivity contribution is -0.139. The highest BCUT2D eigenvalue weighted by Gasteiger charge is 2.60. The first-order chi connectivity index (χ1) is 15.8. The SMILES string of the molecule is CN1C(=O)C=C[C@]2(C)[C@H]3CC[C@]4(C)[C@@H](CC(=O)Nc5ccc(C#N)cc5)CC[C@H]4[C@@H]3CC[C@@H]12. The number of hydrogen-bond acceptors (Lipinski definition) is 3. The van der Waals surface area contributed by atoms with E-state index in [1.807, 2.05) is 11.9 Å². The number of amides is 2. The van der Waals surface area contributed by atoms with Crippen LogP contribution in [-0.2, 0) is 9.59 Å². The Kier molecular flexibility index (Phi) is 5.39. The first-order valence-corrected chi connectivity index (χ1v) is 12.5. The van der Waals surface area contributed by atoms with Crippen LogP contribution in [0.3, 0.4) is 0 Å². The van der Waals surface area contributed by atoms with Gasteiger partial charge >= 0.3 is 0 Å². The number of nitrogens with one attached hydrogen (secondary N) is 1. The number of rotatable bonds is 3. The Balaban J connectivity index is 1.29. The number of anilines is 1. The van der Waals surface area contributed by atoms with Crippen molar-refractivity contribution in [2.24, 2.45) is 34.5 Å². The molecule has 33 heavy (non-hydrogen) atoms. The first kappa shape index (κ1) is 22.2. The maximum atomic E-state index is 12.9. The minimum atomic E-state index is 0.0674. The second-order valence-corrected chi connectivity index (χ2v) is 11.4. The highest BCUT2D eigenvalue weighted by Crippen LogP contribution is 2.65. The van der Waals surface area contributed by atoms with Crippen LogP contribution in [0.15, 0.2) is 36.4 Å². The van der Waals surface area contributed by atoms with Crippen LogP contribution in [0, 0.1) is 45.8 Å². The highest BCUT2D eigenvalue weighted by atomic mass is 16.2. The minimum absolute atomic E-state index is 0.0674. The Morgan fingerprint density at radius 1 is 1.12 bits per heavy atom. The third-order valence-electron chi connectivity index (χ3n) is 10.1. The Morgan fingerprint density at radius 2 is 1.88 bits per heavy atom. The third kappa shape index (κ3) is 3.50. The summed E-state index contributed by atoms with van der Waals surface area (Å²) in [6.07, 6.45) is 11.6. The maximum Gasteiger partial charge on any atom is 0.246 e. The van der Waals surface area contributed by atoms with Gasteiger partial charge in [0.1, 0.15) is 0 Å². The smallest absolute Gasteiger partial charge is 0.246 e. The van der Waals surface area contributed by atoms with E-state index < -0.39 is 0 Å². The molecule has 1 aliphatic heterocycles. The van der Waals surface area contributed by atoms with Gasteiger partial charge in [-0.3, -0.25) is 9.59 Å². The van der Waals surface area contributed by atoms with Gasteiger partial charge in [0.25, 0.3) is 0 Å². The molecule has 4 aliphatic rings. The van der Waals surface area contributed by atoms with Gasteiger partial charge in [-0.25, -0.2) is 0 Å². The Bertz CT molecular complexity index is 1020. The van der Waals surface area contributed by atoms with Crippen LogP contribution in [0.2, 0.25) is 0 Å². The average molecular weight is 446 g/mol. The molecule has 3 saturated carbocycles. The number of fused-ring (bicyclic) bond motifs is 5. The Labute approximate surface area is 197 Å². The molecule has 0 spiro atoms. The first-order valence-electron chi connectivity index (χ1n) is 12.5. The van der Waals surface area contributed by atoms with E-state index in [1.54, 1.807) is 30.3 Å². The molecule has 0 saturated heterocycles. The molecule has 1 N–H and O–H groups in total. The third-order valence-corrected chi connectivity index (χ3v) is 10.1. The van der Waals surface area contributed by atoms with Crippen LogP contribution in [0.4, 0.5) is 5.69 Å². The number of carbonyl (C=O) groups excluding carboxylic acids is 2. The molecule has 0 aromatic heterocycles. The van der Waals surface area contributed by atoms with Crippen molar-refractivity contribution in [3.05, 3.63) is 42.0 Å². The molecule has 3 aliphatic carbocycles. The lowest BCUT2D eigenvalue weighted by Gasteiger charge is -2.60. The number of benzene rings is 1. The van der Waals surface area contributed by atoms with E-state index in [4.69, 9.17) is 5.26 Å². The Hall–Kier alpha value is -2.61. The van der Waals surface area contributed by atoms with Crippen molar-refractivity contribution in [1.29, 1.82) is 5.26 Å². The van der Waals surface area contributed by atoms with E-state index in [2.05, 4.69) is 31.3 Å². The van der Waals surface area contributed by atoms with Gasteiger partial charge in [-0.2, -0.15) is 5.26 Å². The molecule has 1 heterocycles. The zero-order chi connectivity index (χ0) is 23.4. The van der Waals surface area contributed by atoms with Gasteiger partial charge in [0, 0.05) is 30.6 Å². The van der Waals surface area contributed by atoms with Crippen molar-refractivity contribution >= 4 is 17.5 Å². The van der Waals surface area contributed by atoms with Crippen molar-refractivity contribution < 1.29 is 9.59 Å². The summed E-state index contributed by atoms with van der Waals surface area (Å²) in [5, 5.41) is 12.0. The van der Waals surface area contributed by atoms with Crippen molar-refractivity contribution in [2.45, 2.75) is 64.8 Å². The molecule has 1 aromatic carbocycles. The largest absolute Gasteiger partial charge is 0.338 e. The quantitative estimate of drug-likeness (QED) is 0.700. The monoisotopic (exact) mass is 445 g/mol. The number of carbonyl (C=O) groups is 2. The van der Waals surface area contributed by atoms with Crippen LogP contribution in [0.25, 0.3) is 0 Å². The summed E-state index contributed by atoms with van der Waals surface area (Å²) >= 11 is 0. The lowest BCUT2D eigenvalue weighted by Crippen LogP contribution is -2.59. The molecule has 0 unspecified atom stereocenters. The predicted octanol–water partition coefficient (Wildman–Crippen LogP) is 5.14. The van der Waals surface area contributed by atoms with E-state index in [0.717, 1.165) is 18.5 Å². The summed E-state index contributed by atoms with van der Waals surface area (Å²) in [6.45, 7) is 4.83. The topological polar surface area (TPSA) is 73.2 Å². The molecule has 0 radical (unpaired) electrons. The molecular formula is C28H35N3O2. The standard InChI is InChI=1S/C28H35N3O2/c1-27-14-12-23-21(9-11-24-28(23,2)15-13-26(33)31(24)3)22(27)10-6-19(27)16-25(32)30-20-7-4-18(17-29)5-8-20/h4-5,7-8,13,15,19,21-24H,6,9-12,14,16H2,1-3H3,(H,30,32)/t19-,21+,22+,23+,24-,27-,28-/m1/s1. The molecule has 7 atom stereocenters. The van der Waals surface area contributed by atoms with Crippen LogP contribution >= 0.6 is 0 Å². The van der Waals surface area contributed by atoms with E-state index in [-0.39, 0.29) is 22.6 Å². The van der Waals surface area contributed by atoms with Gasteiger partial charge in [-0.1, -0.05) is 19.9 Å². The molecule has 0 bridgehead atoms. The average Bonchev–Trinajstić information content (AvgIpc) is 3.13. The van der Waals surface area contributed by atoms with E-state index in [0.29, 0.717) is 41.7 Å². The molecule has 5 rings (SSSR count). The van der Waals surface area contributed by atoms with E-state index >= 15 is 0 Å². The summed E-state index contributed by atoms with van der Waals surface area (Å²) < 4.78 is 0. The van der Waals surface area contributed by atoms with E-state index in [1.165, 1.54) is 25.7 Å². The lowest BCUT2D eigenvalue weighted by atomic mass is 9.47. The molecule has 5 nitrogen and oxygen atoms in total. The Morgan fingerprint density at radius 3 is 2.61 bits per heavy atom. The van der Waals surface area contributed by atoms with Gasteiger partial charge in [0.15, 0.2) is 0 Å². The van der Waals surface area contributed by atoms with Crippen LogP contribution in [0.5, 0.6) is 0 Å². The molecule has 5 heteroatoms. The fourth-order valence-electron chi connectivity index (χ4n) is 8.25. The number of hydrogen-bond donors (Lipinski definition) is 1. The number of nitriles is 1. The second-order valence-electron chi connectivity index (χ2n) is 11.4. The van der Waals surface area contributed by atoms with Gasteiger partial charge in [0.05, 0.1) is 11.6 Å². The van der Waals surface area contributed by atoms with Crippen molar-refractivity contribution in [2.75, 3.05) is 12.4 Å². The summed E-state index contributed by atoms with van der Waals surface area (Å²) in [7, 11) is 1.97. The van der Waals surface area contributed by atoms with Crippen LogP contribution in [0.1, 0.15) is 64.4 Å². The number of likely N-dealkylation sites (N-methyl/N-ethyl adjacent to an activating group) is 1. The predicted molar refractivity (Wildman–Crippen MR) is 128 cm³/mol. The number of nitrogens with zero attached hydrogens (tertiary/aromatic N) is 2. The fraction of sp³-hybridized carbons (Fsp3) is 0.607. The van der Waals surface area contributed by atoms with Crippen LogP contribution < -0.4 is 5.32 Å². The van der Waals surface area contributed by atoms with E-state index in [9.17, 15) is 9.59 Å². The van der Waals surface area contributed by atoms with Gasteiger partial charge in [0.2, 0.25) is 11.8 Å². The van der Waals surface area contributed by atoms with Crippen molar-refractivity contribution in [3.8, 4) is 6.07 Å². The fourth-order valence-corrected chi connectivity index (χ4v) is 8.25. The molecular weight excluding hydrogens is 410 g/mol. The second kappa shape index (κ2) is 8.01. The van der Waals surface area contributed by atoms with Gasteiger partial charge < -0.3 is 10.2 Å². The molecule has 2 amide bonds. The zero-order valence-corrected chi connectivity index (χ0v) is 20.0. The summed E-state index contributed by atoms with van der Waals surface area (Å²) in [5.41, 5.74) is 1.64.